The topological polar surface area (TPSA) is 241 Å². The van der Waals surface area contributed by atoms with Crippen LogP contribution < -0.4 is 24.9 Å². The van der Waals surface area contributed by atoms with Gasteiger partial charge in [0.05, 0.1) is 0 Å². The molecule has 0 rings (SSSR count). The molecular weight excluding hydrogens is 590 g/mol. The fourth-order valence-corrected chi connectivity index (χ4v) is 0. The molecular formula is Cr3Fe2O12Zn2. The Morgan fingerprint density at radius 2 is 0.421 bits per heavy atom. The van der Waals surface area contributed by atoms with Crippen LogP contribution in [-0.4, -0.2) is 0 Å². The molecule has 0 aliphatic heterocycles. The molecule has 0 aliphatic rings. The summed E-state index contributed by atoms with van der Waals surface area (Å²) in [6.45, 7) is 0. The van der Waals surface area contributed by atoms with Gasteiger partial charge in [-0.2, -0.15) is 0 Å². The van der Waals surface area contributed by atoms with Crippen LogP contribution in [0.5, 0.6) is 0 Å². The van der Waals surface area contributed by atoms with Gasteiger partial charge in [0.15, 0.2) is 0 Å². The molecule has 0 aromatic carbocycles. The summed E-state index contributed by atoms with van der Waals surface area (Å²) in [4.78, 5) is 0. The molecule has 0 bridgehead atoms. The summed E-state index contributed by atoms with van der Waals surface area (Å²) in [5.74, 6) is 0. The van der Waals surface area contributed by atoms with Crippen LogP contribution in [0.3, 0.4) is 0 Å². The predicted octanol–water partition coefficient (Wildman–Crippen LogP) is -7.86. The maximum absolute atomic E-state index is 8.59. The van der Waals surface area contributed by atoms with Crippen molar-refractivity contribution in [2.24, 2.45) is 0 Å². The molecule has 0 atom stereocenters. The molecule has 12 nitrogen and oxygen atoms in total. The number of rotatable bonds is 0. The molecule has 110 valence electrons. The standard InChI is InChI=1S/3Cr.2Fe.12O.2Zn/q;;;2*+3;;;;;;;6*-1;;. The minimum atomic E-state index is -5.75. The molecule has 2 radical (unpaired) electrons. The maximum Gasteiger partial charge on any atom is 0 e. The van der Waals surface area contributed by atoms with E-state index in [1.54, 1.807) is 0 Å². The molecule has 0 amide bonds. The summed E-state index contributed by atoms with van der Waals surface area (Å²) >= 11 is -17.2. The van der Waals surface area contributed by atoms with Crippen molar-refractivity contribution in [3.05, 3.63) is 0 Å². The monoisotopic (exact) mass is 587 g/mol. The molecule has 0 saturated carbocycles. The zero-order valence-electron chi connectivity index (χ0n) is 8.25. The van der Waals surface area contributed by atoms with Crippen LogP contribution in [0, 0.1) is 0 Å². The minimum Gasteiger partial charge on any atom is 0 e. The molecule has 0 aromatic rings. The fourth-order valence-electron chi connectivity index (χ4n) is 0. The van der Waals surface area contributed by atoms with E-state index in [0.29, 0.717) is 0 Å². The number of hydrogen-bond donors (Lipinski definition) is 0. The maximum atomic E-state index is 8.59. The van der Waals surface area contributed by atoms with Crippen molar-refractivity contribution in [1.29, 1.82) is 0 Å². The van der Waals surface area contributed by atoms with Gasteiger partial charge in [-0.3, -0.25) is 0 Å². The van der Waals surface area contributed by atoms with E-state index in [0.717, 1.165) is 0 Å². The summed E-state index contributed by atoms with van der Waals surface area (Å²) < 4.78 is 103. The Morgan fingerprint density at radius 1 is 0.421 bits per heavy atom. The van der Waals surface area contributed by atoms with E-state index in [4.69, 9.17) is 47.8 Å². The van der Waals surface area contributed by atoms with Crippen LogP contribution in [0.1, 0.15) is 0 Å². The van der Waals surface area contributed by atoms with Crippen molar-refractivity contribution in [2.75, 3.05) is 0 Å². The second-order valence-electron chi connectivity index (χ2n) is 1.22. The smallest absolute Gasteiger partial charge is 0 e. The van der Waals surface area contributed by atoms with Gasteiger partial charge < -0.3 is 0 Å². The third-order valence-electron chi connectivity index (χ3n) is 0. The largest absolute Gasteiger partial charge is 0 e. The van der Waals surface area contributed by atoms with Crippen LogP contribution >= 0.6 is 0 Å². The van der Waals surface area contributed by atoms with Crippen molar-refractivity contribution in [3.63, 3.8) is 0 Å². The van der Waals surface area contributed by atoms with Crippen molar-refractivity contribution in [3.8, 4) is 0 Å². The average Bonchev–Trinajstić information content (AvgIpc) is 1.41. The van der Waals surface area contributed by atoms with E-state index in [-0.39, 0.29) is 73.1 Å². The first-order valence-corrected chi connectivity index (χ1v) is 8.25. The van der Waals surface area contributed by atoms with E-state index in [2.05, 4.69) is 0 Å². The van der Waals surface area contributed by atoms with Gasteiger partial charge in [-0.15, -0.1) is 0 Å². The Labute approximate surface area is 160 Å². The summed E-state index contributed by atoms with van der Waals surface area (Å²) in [6.07, 6.45) is 0. The zero-order valence-corrected chi connectivity index (χ0v) is 20.2. The van der Waals surface area contributed by atoms with E-state index in [1.807, 2.05) is 0 Å². The van der Waals surface area contributed by atoms with Gasteiger partial charge in [0.2, 0.25) is 0 Å². The van der Waals surface area contributed by atoms with E-state index < -0.39 is 40.8 Å². The molecule has 0 fully saturated rings. The fraction of sp³-hybridized carbons (Fsp3) is 0. The molecule has 19 heavy (non-hydrogen) atoms. The Bertz CT molecular complexity index is 350. The van der Waals surface area contributed by atoms with Gasteiger partial charge in [-0.25, -0.2) is 0 Å². The van der Waals surface area contributed by atoms with Gasteiger partial charge in [0, 0.05) is 39.0 Å². The SMILES string of the molecule is [Fe+3].[Fe+3].[O]=[Cr](=[O])([O-])[O-].[O]=[Cr](=[O])([O-])[O-].[O]=[Cr](=[O])([O-])[O-].[Zn].[Zn]. The van der Waals surface area contributed by atoms with E-state index in [1.165, 1.54) is 0 Å². The van der Waals surface area contributed by atoms with Gasteiger partial charge in [0.25, 0.3) is 0 Å². The second-order valence-corrected chi connectivity index (χ2v) is 5.05. The molecule has 0 aliphatic carbocycles. The van der Waals surface area contributed by atoms with Crippen molar-refractivity contribution < 1.29 is 162 Å². The molecule has 0 N–H and O–H groups in total. The van der Waals surface area contributed by atoms with Crippen LogP contribution in [-0.2, 0) is 137 Å². The third kappa shape index (κ3) is 1170. The Kier molecular flexibility index (Phi) is 41.8. The molecule has 19 heteroatoms. The van der Waals surface area contributed by atoms with Crippen LogP contribution in [0.25, 0.3) is 0 Å². The Hall–Kier alpha value is 2.44. The summed E-state index contributed by atoms with van der Waals surface area (Å²) in [5.41, 5.74) is 0. The van der Waals surface area contributed by atoms with Crippen LogP contribution in [0.15, 0.2) is 0 Å². The molecule has 0 aromatic heterocycles. The molecule has 0 heterocycles. The van der Waals surface area contributed by atoms with Crippen molar-refractivity contribution >= 4 is 0 Å². The van der Waals surface area contributed by atoms with Crippen molar-refractivity contribution in [1.82, 2.24) is 0 Å². The average molecular weight is 590 g/mol. The molecule has 0 spiro atoms. The normalized spacial score (nSPS) is 9.16. The third-order valence-corrected chi connectivity index (χ3v) is 0. The Morgan fingerprint density at radius 3 is 0.421 bits per heavy atom. The first kappa shape index (κ1) is 43.0. The summed E-state index contributed by atoms with van der Waals surface area (Å²) in [7, 11) is 0. The van der Waals surface area contributed by atoms with E-state index >= 15 is 0 Å². The van der Waals surface area contributed by atoms with Crippen molar-refractivity contribution in [2.45, 2.75) is 0 Å². The van der Waals surface area contributed by atoms with Gasteiger partial charge in [-0.1, -0.05) is 0 Å². The van der Waals surface area contributed by atoms with Crippen LogP contribution in [0.4, 0.5) is 0 Å². The van der Waals surface area contributed by atoms with Gasteiger partial charge in [0.1, 0.15) is 0 Å². The molecule has 0 saturated heterocycles. The second kappa shape index (κ2) is 18.5. The first-order valence-electron chi connectivity index (χ1n) is 2.00. The summed E-state index contributed by atoms with van der Waals surface area (Å²) in [6, 6.07) is 0. The Balaban J connectivity index is -0.0000000206. The quantitative estimate of drug-likeness (QED) is 0.239. The van der Waals surface area contributed by atoms with Crippen LogP contribution in [0.2, 0.25) is 0 Å². The molecule has 0 unspecified atom stereocenters. The first-order chi connectivity index (χ1) is 6.00. The number of hydrogen-bond acceptors (Lipinski definition) is 12. The van der Waals surface area contributed by atoms with Gasteiger partial charge in [-0.05, 0) is 0 Å². The van der Waals surface area contributed by atoms with E-state index in [9.17, 15) is 0 Å². The zero-order chi connectivity index (χ0) is 13.5. The predicted molar refractivity (Wildman–Crippen MR) is 4.12 cm³/mol. The minimum absolute atomic E-state index is 0. The van der Waals surface area contributed by atoms with Gasteiger partial charge >= 0.3 is 123 Å². The summed E-state index contributed by atoms with van der Waals surface area (Å²) in [5, 5.41) is 0.